The molecule has 2 aliphatic rings. The molecule has 1 aromatic carbocycles. The van der Waals surface area contributed by atoms with Crippen molar-refractivity contribution in [3.63, 3.8) is 0 Å². The smallest absolute Gasteiger partial charge is 0.324 e. The monoisotopic (exact) mass is 323 g/mol. The summed E-state index contributed by atoms with van der Waals surface area (Å²) in [5, 5.41) is 2.44. The van der Waals surface area contributed by atoms with Gasteiger partial charge in [-0.1, -0.05) is 30.3 Å². The van der Waals surface area contributed by atoms with Crippen LogP contribution in [0.2, 0.25) is 0 Å². The Hall–Kier alpha value is -1.93. The third-order valence-electron chi connectivity index (χ3n) is 3.96. The van der Waals surface area contributed by atoms with Crippen LogP contribution in [-0.2, 0) is 21.2 Å². The summed E-state index contributed by atoms with van der Waals surface area (Å²) in [6.45, 7) is 0.378. The summed E-state index contributed by atoms with van der Waals surface area (Å²) in [7, 11) is -3.36. The Morgan fingerprint density at radius 3 is 2.41 bits per heavy atom. The van der Waals surface area contributed by atoms with Crippen molar-refractivity contribution < 1.29 is 18.0 Å². The molecule has 0 atom stereocenters. The van der Waals surface area contributed by atoms with Gasteiger partial charge in [-0.25, -0.2) is 13.2 Å². The zero-order chi connectivity index (χ0) is 15.7. The third kappa shape index (κ3) is 2.84. The number of benzene rings is 1. The molecule has 2 heterocycles. The Morgan fingerprint density at radius 2 is 1.82 bits per heavy atom. The first kappa shape index (κ1) is 15.0. The molecular weight excluding hydrogens is 306 g/mol. The van der Waals surface area contributed by atoms with Crippen LogP contribution in [0.25, 0.3) is 0 Å². The SMILES string of the molecule is O=C1CNC(=O)N1C1CN(S(=O)(=O)CCc2ccccc2)C1. The molecule has 0 unspecified atom stereocenters. The fraction of sp³-hybridized carbons (Fsp3) is 0.429. The molecule has 0 aromatic heterocycles. The lowest BCUT2D eigenvalue weighted by atomic mass is 10.1. The number of imide groups is 1. The topological polar surface area (TPSA) is 86.8 Å². The summed E-state index contributed by atoms with van der Waals surface area (Å²) >= 11 is 0. The van der Waals surface area contributed by atoms with Crippen LogP contribution in [0.3, 0.4) is 0 Å². The molecule has 0 saturated carbocycles. The van der Waals surface area contributed by atoms with Crippen molar-refractivity contribution in [1.82, 2.24) is 14.5 Å². The van der Waals surface area contributed by atoms with Gasteiger partial charge >= 0.3 is 6.03 Å². The van der Waals surface area contributed by atoms with Crippen LogP contribution in [0.1, 0.15) is 5.56 Å². The number of aryl methyl sites for hydroxylation is 1. The van der Waals surface area contributed by atoms with Gasteiger partial charge in [0.05, 0.1) is 18.3 Å². The molecular formula is C14H17N3O4S. The van der Waals surface area contributed by atoms with Gasteiger partial charge in [0.2, 0.25) is 15.9 Å². The molecule has 3 amide bonds. The molecule has 7 nitrogen and oxygen atoms in total. The maximum Gasteiger partial charge on any atom is 0.324 e. The van der Waals surface area contributed by atoms with E-state index in [0.717, 1.165) is 10.5 Å². The van der Waals surface area contributed by atoms with E-state index in [2.05, 4.69) is 5.32 Å². The van der Waals surface area contributed by atoms with Crippen LogP contribution in [0.4, 0.5) is 4.79 Å². The molecule has 3 rings (SSSR count). The summed E-state index contributed by atoms with van der Waals surface area (Å²) in [6.07, 6.45) is 0.452. The number of nitrogens with zero attached hydrogens (tertiary/aromatic N) is 2. The van der Waals surface area contributed by atoms with Gasteiger partial charge in [-0.3, -0.25) is 9.69 Å². The van der Waals surface area contributed by atoms with E-state index in [1.54, 1.807) is 0 Å². The molecule has 0 radical (unpaired) electrons. The fourth-order valence-corrected chi connectivity index (χ4v) is 4.18. The minimum absolute atomic E-state index is 0.00388. The fourth-order valence-electron chi connectivity index (χ4n) is 2.63. The minimum Gasteiger partial charge on any atom is -0.329 e. The molecule has 8 heteroatoms. The predicted octanol–water partition coefficient (Wildman–Crippen LogP) is -0.205. The van der Waals surface area contributed by atoms with Gasteiger partial charge < -0.3 is 5.32 Å². The number of carbonyl (C=O) groups excluding carboxylic acids is 2. The maximum atomic E-state index is 12.2. The Kier molecular flexibility index (Phi) is 3.88. The van der Waals surface area contributed by atoms with Gasteiger partial charge in [0.15, 0.2) is 0 Å². The Morgan fingerprint density at radius 1 is 1.14 bits per heavy atom. The van der Waals surface area contributed by atoms with Crippen LogP contribution in [-0.4, -0.2) is 61.0 Å². The van der Waals surface area contributed by atoms with E-state index in [0.29, 0.717) is 6.42 Å². The maximum absolute atomic E-state index is 12.2. The van der Waals surface area contributed by atoms with E-state index >= 15 is 0 Å². The number of hydrogen-bond donors (Lipinski definition) is 1. The van der Waals surface area contributed by atoms with Crippen molar-refractivity contribution in [3.05, 3.63) is 35.9 Å². The zero-order valence-electron chi connectivity index (χ0n) is 11.9. The first-order valence-electron chi connectivity index (χ1n) is 7.09. The number of sulfonamides is 1. The van der Waals surface area contributed by atoms with Crippen molar-refractivity contribution in [1.29, 1.82) is 0 Å². The Balaban J connectivity index is 1.55. The molecule has 1 N–H and O–H groups in total. The van der Waals surface area contributed by atoms with Crippen molar-refractivity contribution in [3.8, 4) is 0 Å². The summed E-state index contributed by atoms with van der Waals surface area (Å²) in [6, 6.07) is 8.63. The Labute approximate surface area is 128 Å². The van der Waals surface area contributed by atoms with Crippen molar-refractivity contribution in [2.24, 2.45) is 0 Å². The van der Waals surface area contributed by atoms with Gasteiger partial charge in [0.1, 0.15) is 0 Å². The van der Waals surface area contributed by atoms with Crippen LogP contribution >= 0.6 is 0 Å². The van der Waals surface area contributed by atoms with Crippen molar-refractivity contribution >= 4 is 22.0 Å². The highest BCUT2D eigenvalue weighted by molar-refractivity contribution is 7.89. The molecule has 0 bridgehead atoms. The minimum atomic E-state index is -3.36. The zero-order valence-corrected chi connectivity index (χ0v) is 12.8. The highest BCUT2D eigenvalue weighted by atomic mass is 32.2. The second-order valence-electron chi connectivity index (χ2n) is 5.44. The van der Waals surface area contributed by atoms with Gasteiger partial charge in [0.25, 0.3) is 0 Å². The molecule has 2 aliphatic heterocycles. The number of urea groups is 1. The standard InChI is InChI=1S/C14H17N3O4S/c18-13-8-15-14(19)17(13)12-9-16(10-12)22(20,21)7-6-11-4-2-1-3-5-11/h1-5,12H,6-10H2,(H,15,19). The normalized spacial score (nSPS) is 20.1. The van der Waals surface area contributed by atoms with Gasteiger partial charge in [-0.05, 0) is 12.0 Å². The van der Waals surface area contributed by atoms with E-state index in [9.17, 15) is 18.0 Å². The molecule has 2 saturated heterocycles. The van der Waals surface area contributed by atoms with E-state index in [-0.39, 0.29) is 37.3 Å². The molecule has 0 spiro atoms. The quantitative estimate of drug-likeness (QED) is 0.760. The molecule has 0 aliphatic carbocycles. The van der Waals surface area contributed by atoms with Gasteiger partial charge in [-0.2, -0.15) is 4.31 Å². The lowest BCUT2D eigenvalue weighted by molar-refractivity contribution is -0.128. The summed E-state index contributed by atoms with van der Waals surface area (Å²) in [4.78, 5) is 24.2. The molecule has 2 fully saturated rings. The summed E-state index contributed by atoms with van der Waals surface area (Å²) < 4.78 is 25.8. The van der Waals surface area contributed by atoms with Crippen molar-refractivity contribution in [2.45, 2.75) is 12.5 Å². The predicted molar refractivity (Wildman–Crippen MR) is 79.5 cm³/mol. The highest BCUT2D eigenvalue weighted by Crippen LogP contribution is 2.21. The van der Waals surface area contributed by atoms with E-state index in [1.165, 1.54) is 4.31 Å². The summed E-state index contributed by atoms with van der Waals surface area (Å²) in [5.74, 6) is -0.263. The van der Waals surface area contributed by atoms with Gasteiger partial charge in [-0.15, -0.1) is 0 Å². The second-order valence-corrected chi connectivity index (χ2v) is 7.53. The average molecular weight is 323 g/mol. The molecule has 118 valence electrons. The van der Waals surface area contributed by atoms with Crippen molar-refractivity contribution in [2.75, 3.05) is 25.4 Å². The van der Waals surface area contributed by atoms with E-state index in [4.69, 9.17) is 0 Å². The summed E-state index contributed by atoms with van der Waals surface area (Å²) in [5.41, 5.74) is 0.970. The average Bonchev–Trinajstić information content (AvgIpc) is 2.77. The lowest BCUT2D eigenvalue weighted by Crippen LogP contribution is -2.62. The molecule has 1 aromatic rings. The van der Waals surface area contributed by atoms with E-state index < -0.39 is 16.1 Å². The highest BCUT2D eigenvalue weighted by Gasteiger charge is 2.44. The largest absolute Gasteiger partial charge is 0.329 e. The lowest BCUT2D eigenvalue weighted by Gasteiger charge is -2.41. The number of rotatable bonds is 5. The third-order valence-corrected chi connectivity index (χ3v) is 5.76. The number of nitrogens with one attached hydrogen (secondary N) is 1. The Bertz CT molecular complexity index is 667. The van der Waals surface area contributed by atoms with Crippen LogP contribution < -0.4 is 5.32 Å². The number of amides is 3. The van der Waals surface area contributed by atoms with Crippen LogP contribution in [0.5, 0.6) is 0 Å². The molecule has 22 heavy (non-hydrogen) atoms. The second kappa shape index (κ2) is 5.69. The first-order chi connectivity index (χ1) is 10.5. The van der Waals surface area contributed by atoms with E-state index in [1.807, 2.05) is 30.3 Å². The number of carbonyl (C=O) groups is 2. The van der Waals surface area contributed by atoms with Gasteiger partial charge in [0, 0.05) is 13.1 Å². The van der Waals surface area contributed by atoms with Crippen LogP contribution in [0.15, 0.2) is 30.3 Å². The first-order valence-corrected chi connectivity index (χ1v) is 8.70. The number of hydrogen-bond acceptors (Lipinski definition) is 4. The van der Waals surface area contributed by atoms with Crippen LogP contribution in [0, 0.1) is 0 Å².